The molecule has 0 bridgehead atoms. The lowest BCUT2D eigenvalue weighted by molar-refractivity contribution is -0.217. The van der Waals surface area contributed by atoms with Gasteiger partial charge >= 0.3 is 11.9 Å². The van der Waals surface area contributed by atoms with Crippen molar-refractivity contribution < 1.29 is 33.3 Å². The van der Waals surface area contributed by atoms with Gasteiger partial charge in [0.05, 0.1) is 17.7 Å². The number of benzene rings is 2. The molecule has 160 valence electrons. The third-order valence-corrected chi connectivity index (χ3v) is 5.04. The first-order chi connectivity index (χ1) is 14.5. The number of rotatable bonds is 7. The molecule has 3 rings (SSSR count). The van der Waals surface area contributed by atoms with Crippen LogP contribution in [-0.4, -0.2) is 62.7 Å². The van der Waals surface area contributed by atoms with Crippen LogP contribution in [0.2, 0.25) is 0 Å². The van der Waals surface area contributed by atoms with Gasteiger partial charge in [-0.15, -0.1) is 0 Å². The van der Waals surface area contributed by atoms with Crippen LogP contribution in [-0.2, 0) is 23.7 Å². The van der Waals surface area contributed by atoms with Gasteiger partial charge in [-0.25, -0.2) is 9.59 Å². The molecule has 1 saturated heterocycles. The molecule has 8 heteroatoms. The van der Waals surface area contributed by atoms with Crippen LogP contribution in [0.1, 0.15) is 20.7 Å². The third kappa shape index (κ3) is 5.17. The molecule has 0 spiro atoms. The van der Waals surface area contributed by atoms with Crippen molar-refractivity contribution in [2.45, 2.75) is 30.0 Å². The van der Waals surface area contributed by atoms with E-state index in [4.69, 9.17) is 35.3 Å². The number of methoxy groups -OCH3 is 2. The van der Waals surface area contributed by atoms with E-state index in [2.05, 4.69) is 0 Å². The van der Waals surface area contributed by atoms with Crippen molar-refractivity contribution in [3.05, 3.63) is 71.8 Å². The average Bonchev–Trinajstić information content (AvgIpc) is 2.77. The van der Waals surface area contributed by atoms with Crippen molar-refractivity contribution in [1.29, 1.82) is 0 Å². The second-order valence-electron chi connectivity index (χ2n) is 6.65. The zero-order valence-corrected chi connectivity index (χ0v) is 17.4. The van der Waals surface area contributed by atoms with Crippen molar-refractivity contribution >= 4 is 23.5 Å². The minimum absolute atomic E-state index is 0.0752. The van der Waals surface area contributed by atoms with E-state index in [1.54, 1.807) is 60.7 Å². The summed E-state index contributed by atoms with van der Waals surface area (Å²) in [5.41, 5.74) is -0.236. The fourth-order valence-electron chi connectivity index (χ4n) is 3.22. The number of halogens is 1. The van der Waals surface area contributed by atoms with Gasteiger partial charge in [-0.1, -0.05) is 48.0 Å². The standard InChI is InChI=1S/C22H23ClO7/c1-26-13-16-17(29-21(24)14-9-5-3-6-10-14)18(19(27-2)20(23)28-16)30-22(25)15-11-7-4-8-12-15/h3-12,16-20H,13H2,1-2H3/t16-,17-,18+,19+,20+/m1/s1. The van der Waals surface area contributed by atoms with E-state index in [9.17, 15) is 9.59 Å². The molecule has 2 aromatic rings. The number of alkyl halides is 1. The normalized spacial score (nSPS) is 26.0. The maximum atomic E-state index is 12.7. The quantitative estimate of drug-likeness (QED) is 0.489. The highest BCUT2D eigenvalue weighted by atomic mass is 35.5. The van der Waals surface area contributed by atoms with Crippen molar-refractivity contribution in [2.75, 3.05) is 20.8 Å². The van der Waals surface area contributed by atoms with Crippen LogP contribution in [0, 0.1) is 0 Å². The van der Waals surface area contributed by atoms with Gasteiger partial charge in [0.15, 0.2) is 17.8 Å². The first kappa shape index (κ1) is 22.2. The van der Waals surface area contributed by atoms with Crippen LogP contribution in [0.25, 0.3) is 0 Å². The maximum Gasteiger partial charge on any atom is 0.338 e. The Labute approximate surface area is 179 Å². The first-order valence-electron chi connectivity index (χ1n) is 9.38. The topological polar surface area (TPSA) is 80.3 Å². The smallest absolute Gasteiger partial charge is 0.338 e. The molecule has 1 fully saturated rings. The monoisotopic (exact) mass is 434 g/mol. The predicted octanol–water partition coefficient (Wildman–Crippen LogP) is 3.06. The van der Waals surface area contributed by atoms with Gasteiger partial charge in [0.2, 0.25) is 0 Å². The van der Waals surface area contributed by atoms with Crippen LogP contribution in [0.5, 0.6) is 0 Å². The lowest BCUT2D eigenvalue weighted by atomic mass is 9.99. The molecule has 2 aromatic carbocycles. The van der Waals surface area contributed by atoms with Gasteiger partial charge < -0.3 is 23.7 Å². The van der Waals surface area contributed by atoms with Crippen molar-refractivity contribution in [3.8, 4) is 0 Å². The molecule has 0 saturated carbocycles. The second-order valence-corrected chi connectivity index (χ2v) is 7.08. The number of carbonyl (C=O) groups excluding carboxylic acids is 2. The van der Waals surface area contributed by atoms with E-state index >= 15 is 0 Å². The Kier molecular flexibility index (Phi) is 7.81. The highest BCUT2D eigenvalue weighted by Gasteiger charge is 2.50. The fourth-order valence-corrected chi connectivity index (χ4v) is 3.60. The maximum absolute atomic E-state index is 12.7. The molecule has 7 nitrogen and oxygen atoms in total. The van der Waals surface area contributed by atoms with Crippen molar-refractivity contribution in [3.63, 3.8) is 0 Å². The fraction of sp³-hybridized carbons (Fsp3) is 0.364. The summed E-state index contributed by atoms with van der Waals surface area (Å²) < 4.78 is 27.8. The summed E-state index contributed by atoms with van der Waals surface area (Å²) in [6.45, 7) is 0.0752. The minimum atomic E-state index is -1.01. The SMILES string of the molecule is COC[C@H]1O[C@H](Cl)[C@@H](OC)[C@@H](OC(=O)c2ccccc2)[C@@H]1OC(=O)c1ccccc1. The third-order valence-electron chi connectivity index (χ3n) is 4.69. The Morgan fingerprint density at radius 2 is 1.33 bits per heavy atom. The summed E-state index contributed by atoms with van der Waals surface area (Å²) in [7, 11) is 2.90. The largest absolute Gasteiger partial charge is 0.452 e. The van der Waals surface area contributed by atoms with E-state index in [0.717, 1.165) is 0 Å². The predicted molar refractivity (Wildman–Crippen MR) is 108 cm³/mol. The Hall–Kier alpha value is -2.45. The molecule has 0 aromatic heterocycles. The van der Waals surface area contributed by atoms with E-state index in [1.807, 2.05) is 0 Å². The Morgan fingerprint density at radius 3 is 1.80 bits per heavy atom. The molecule has 0 radical (unpaired) electrons. The Bertz CT molecular complexity index is 830. The van der Waals surface area contributed by atoms with Crippen molar-refractivity contribution in [2.24, 2.45) is 0 Å². The van der Waals surface area contributed by atoms with Crippen LogP contribution in [0.4, 0.5) is 0 Å². The molecule has 0 unspecified atom stereocenters. The average molecular weight is 435 g/mol. The van der Waals surface area contributed by atoms with Crippen LogP contribution < -0.4 is 0 Å². The number of hydrogen-bond donors (Lipinski definition) is 0. The molecule has 1 aliphatic rings. The summed E-state index contributed by atoms with van der Waals surface area (Å²) in [6, 6.07) is 17.0. The van der Waals surface area contributed by atoms with Crippen LogP contribution in [0.15, 0.2) is 60.7 Å². The summed E-state index contributed by atoms with van der Waals surface area (Å²) in [5.74, 6) is -1.18. The van der Waals surface area contributed by atoms with Gasteiger partial charge in [0.25, 0.3) is 0 Å². The molecule has 0 N–H and O–H groups in total. The zero-order chi connectivity index (χ0) is 21.5. The van der Waals surface area contributed by atoms with Gasteiger partial charge in [0.1, 0.15) is 12.2 Å². The van der Waals surface area contributed by atoms with Gasteiger partial charge in [0, 0.05) is 14.2 Å². The number of esters is 2. The van der Waals surface area contributed by atoms with Gasteiger partial charge in [-0.2, -0.15) is 0 Å². The lowest BCUT2D eigenvalue weighted by Gasteiger charge is -2.42. The molecule has 30 heavy (non-hydrogen) atoms. The second kappa shape index (κ2) is 10.5. The van der Waals surface area contributed by atoms with Gasteiger partial charge in [-0.3, -0.25) is 0 Å². The van der Waals surface area contributed by atoms with E-state index in [0.29, 0.717) is 11.1 Å². The van der Waals surface area contributed by atoms with Gasteiger partial charge in [-0.05, 0) is 24.3 Å². The summed E-state index contributed by atoms with van der Waals surface area (Å²) in [4.78, 5) is 25.4. The molecule has 1 heterocycles. The molecule has 5 atom stereocenters. The number of ether oxygens (including phenoxy) is 5. The molecule has 1 aliphatic heterocycles. The lowest BCUT2D eigenvalue weighted by Crippen LogP contribution is -2.60. The number of hydrogen-bond acceptors (Lipinski definition) is 7. The Balaban J connectivity index is 1.88. The van der Waals surface area contributed by atoms with Crippen LogP contribution in [0.3, 0.4) is 0 Å². The highest BCUT2D eigenvalue weighted by Crippen LogP contribution is 2.31. The Morgan fingerprint density at radius 1 is 0.833 bits per heavy atom. The molecule has 0 amide bonds. The highest BCUT2D eigenvalue weighted by molar-refractivity contribution is 6.20. The number of carbonyl (C=O) groups is 2. The van der Waals surface area contributed by atoms with Crippen LogP contribution >= 0.6 is 11.6 Å². The van der Waals surface area contributed by atoms with E-state index < -0.39 is 41.9 Å². The summed E-state index contributed by atoms with van der Waals surface area (Å²) in [5, 5.41) is 0. The minimum Gasteiger partial charge on any atom is -0.452 e. The molecule has 0 aliphatic carbocycles. The summed E-state index contributed by atoms with van der Waals surface area (Å²) in [6.07, 6.45) is -3.62. The first-order valence-corrected chi connectivity index (χ1v) is 9.82. The molecular weight excluding hydrogens is 412 g/mol. The summed E-state index contributed by atoms with van der Waals surface area (Å²) >= 11 is 6.32. The van der Waals surface area contributed by atoms with E-state index in [1.165, 1.54) is 14.2 Å². The molecular formula is C22H23ClO7. The van der Waals surface area contributed by atoms with Crippen molar-refractivity contribution in [1.82, 2.24) is 0 Å². The van der Waals surface area contributed by atoms with E-state index in [-0.39, 0.29) is 6.61 Å². The zero-order valence-electron chi connectivity index (χ0n) is 16.6.